The molecule has 2 amide bonds. The standard InChI is InChI=1S/C14H13N3O3/c1-10-4-2-5-11(8-10)16-13(18)14(19)17-15-9-12-6-3-7-20-12/h2-9H,1H3,(H,16,18)(H,17,19)/b15-9-. The third-order valence-corrected chi connectivity index (χ3v) is 2.38. The molecular formula is C14H13N3O3. The Balaban J connectivity index is 1.87. The van der Waals surface area contributed by atoms with Crippen LogP contribution in [0.15, 0.2) is 52.2 Å². The van der Waals surface area contributed by atoms with Crippen LogP contribution in [-0.4, -0.2) is 18.0 Å². The van der Waals surface area contributed by atoms with E-state index in [4.69, 9.17) is 4.42 Å². The summed E-state index contributed by atoms with van der Waals surface area (Å²) in [6.07, 6.45) is 2.78. The number of amides is 2. The molecule has 0 saturated carbocycles. The van der Waals surface area contributed by atoms with E-state index in [0.29, 0.717) is 11.4 Å². The maximum Gasteiger partial charge on any atom is 0.329 e. The van der Waals surface area contributed by atoms with Crippen LogP contribution < -0.4 is 10.7 Å². The molecule has 0 aliphatic rings. The number of benzene rings is 1. The summed E-state index contributed by atoms with van der Waals surface area (Å²) in [6, 6.07) is 10.5. The molecule has 0 radical (unpaired) electrons. The second kappa shape index (κ2) is 6.33. The molecule has 0 saturated heterocycles. The van der Waals surface area contributed by atoms with Gasteiger partial charge in [-0.3, -0.25) is 9.59 Å². The van der Waals surface area contributed by atoms with Crippen LogP contribution in [-0.2, 0) is 9.59 Å². The first-order valence-corrected chi connectivity index (χ1v) is 5.90. The van der Waals surface area contributed by atoms with Crippen LogP contribution in [0.2, 0.25) is 0 Å². The van der Waals surface area contributed by atoms with E-state index in [9.17, 15) is 9.59 Å². The molecule has 2 aromatic rings. The lowest BCUT2D eigenvalue weighted by Crippen LogP contribution is -2.32. The van der Waals surface area contributed by atoms with Crippen molar-refractivity contribution in [2.24, 2.45) is 5.10 Å². The second-order valence-electron chi connectivity index (χ2n) is 4.04. The normalized spacial score (nSPS) is 10.4. The van der Waals surface area contributed by atoms with Gasteiger partial charge in [0.2, 0.25) is 0 Å². The first-order chi connectivity index (χ1) is 9.65. The number of hydrogen-bond donors (Lipinski definition) is 2. The van der Waals surface area contributed by atoms with Crippen LogP contribution in [0.25, 0.3) is 0 Å². The highest BCUT2D eigenvalue weighted by atomic mass is 16.3. The predicted octanol–water partition coefficient (Wildman–Crippen LogP) is 1.68. The Labute approximate surface area is 115 Å². The molecule has 0 bridgehead atoms. The van der Waals surface area contributed by atoms with Gasteiger partial charge in [0.25, 0.3) is 0 Å². The second-order valence-corrected chi connectivity index (χ2v) is 4.04. The van der Waals surface area contributed by atoms with E-state index in [1.165, 1.54) is 12.5 Å². The summed E-state index contributed by atoms with van der Waals surface area (Å²) in [7, 11) is 0. The summed E-state index contributed by atoms with van der Waals surface area (Å²) in [4.78, 5) is 23.1. The van der Waals surface area contributed by atoms with Gasteiger partial charge < -0.3 is 9.73 Å². The van der Waals surface area contributed by atoms with Gasteiger partial charge in [-0.05, 0) is 36.8 Å². The van der Waals surface area contributed by atoms with E-state index in [1.807, 2.05) is 13.0 Å². The summed E-state index contributed by atoms with van der Waals surface area (Å²) >= 11 is 0. The summed E-state index contributed by atoms with van der Waals surface area (Å²) in [6.45, 7) is 1.89. The van der Waals surface area contributed by atoms with E-state index in [1.54, 1.807) is 30.3 Å². The number of nitrogens with zero attached hydrogens (tertiary/aromatic N) is 1. The monoisotopic (exact) mass is 271 g/mol. The Bertz CT molecular complexity index is 633. The predicted molar refractivity (Wildman–Crippen MR) is 74.3 cm³/mol. The number of carbonyl (C=O) groups is 2. The lowest BCUT2D eigenvalue weighted by Gasteiger charge is -2.04. The van der Waals surface area contributed by atoms with Gasteiger partial charge in [-0.15, -0.1) is 0 Å². The van der Waals surface area contributed by atoms with Crippen LogP contribution in [0, 0.1) is 6.92 Å². The molecule has 0 spiro atoms. The van der Waals surface area contributed by atoms with Crippen molar-refractivity contribution in [3.05, 3.63) is 54.0 Å². The van der Waals surface area contributed by atoms with Gasteiger partial charge in [-0.1, -0.05) is 12.1 Å². The van der Waals surface area contributed by atoms with Crippen LogP contribution in [0.4, 0.5) is 5.69 Å². The number of anilines is 1. The Morgan fingerprint density at radius 3 is 2.75 bits per heavy atom. The fourth-order valence-corrected chi connectivity index (χ4v) is 1.48. The van der Waals surface area contributed by atoms with E-state index in [2.05, 4.69) is 15.8 Å². The molecule has 6 nitrogen and oxygen atoms in total. The van der Waals surface area contributed by atoms with Gasteiger partial charge in [0.05, 0.1) is 12.5 Å². The number of nitrogens with one attached hydrogen (secondary N) is 2. The minimum absolute atomic E-state index is 0.476. The average Bonchev–Trinajstić information content (AvgIpc) is 2.91. The average molecular weight is 271 g/mol. The zero-order valence-corrected chi connectivity index (χ0v) is 10.8. The first kappa shape index (κ1) is 13.5. The Morgan fingerprint density at radius 2 is 2.05 bits per heavy atom. The van der Waals surface area contributed by atoms with Crippen LogP contribution >= 0.6 is 0 Å². The molecule has 6 heteroatoms. The fraction of sp³-hybridized carbons (Fsp3) is 0.0714. The van der Waals surface area contributed by atoms with Crippen LogP contribution in [0.5, 0.6) is 0 Å². The quantitative estimate of drug-likeness (QED) is 0.506. The van der Waals surface area contributed by atoms with Crippen molar-refractivity contribution in [3.8, 4) is 0 Å². The van der Waals surface area contributed by atoms with Crippen LogP contribution in [0.3, 0.4) is 0 Å². The van der Waals surface area contributed by atoms with E-state index in [-0.39, 0.29) is 0 Å². The third-order valence-electron chi connectivity index (χ3n) is 2.38. The molecule has 2 rings (SSSR count). The van der Waals surface area contributed by atoms with Crippen molar-refractivity contribution in [2.75, 3.05) is 5.32 Å². The van der Waals surface area contributed by atoms with Gasteiger partial charge in [0.1, 0.15) is 5.76 Å². The minimum atomic E-state index is -0.852. The van der Waals surface area contributed by atoms with Crippen molar-refractivity contribution in [1.29, 1.82) is 0 Å². The van der Waals surface area contributed by atoms with Crippen molar-refractivity contribution < 1.29 is 14.0 Å². The van der Waals surface area contributed by atoms with E-state index < -0.39 is 11.8 Å². The van der Waals surface area contributed by atoms with E-state index >= 15 is 0 Å². The molecule has 1 aromatic carbocycles. The lowest BCUT2D eigenvalue weighted by atomic mass is 10.2. The Kier molecular flexibility index (Phi) is 4.28. The number of rotatable bonds is 3. The summed E-state index contributed by atoms with van der Waals surface area (Å²) < 4.78 is 4.98. The molecule has 2 N–H and O–H groups in total. The molecule has 0 aliphatic heterocycles. The Hall–Kier alpha value is -2.89. The molecule has 20 heavy (non-hydrogen) atoms. The van der Waals surface area contributed by atoms with E-state index in [0.717, 1.165) is 5.56 Å². The number of furan rings is 1. The smallest absolute Gasteiger partial charge is 0.329 e. The number of carbonyl (C=O) groups excluding carboxylic acids is 2. The maximum atomic E-state index is 11.6. The summed E-state index contributed by atoms with van der Waals surface area (Å²) in [5.74, 6) is -1.16. The third kappa shape index (κ3) is 3.81. The van der Waals surface area contributed by atoms with Gasteiger partial charge in [-0.2, -0.15) is 5.10 Å². The number of hydrogen-bond acceptors (Lipinski definition) is 4. The molecule has 0 unspecified atom stereocenters. The van der Waals surface area contributed by atoms with Gasteiger partial charge in [-0.25, -0.2) is 5.43 Å². The van der Waals surface area contributed by atoms with Gasteiger partial charge in [0.15, 0.2) is 0 Å². The fourth-order valence-electron chi connectivity index (χ4n) is 1.48. The number of hydrazone groups is 1. The highest BCUT2D eigenvalue weighted by molar-refractivity contribution is 6.39. The van der Waals surface area contributed by atoms with Crippen molar-refractivity contribution in [3.63, 3.8) is 0 Å². The van der Waals surface area contributed by atoms with Crippen molar-refractivity contribution in [2.45, 2.75) is 6.92 Å². The molecule has 1 heterocycles. The largest absolute Gasteiger partial charge is 0.463 e. The molecular weight excluding hydrogens is 258 g/mol. The van der Waals surface area contributed by atoms with Crippen LogP contribution in [0.1, 0.15) is 11.3 Å². The zero-order valence-electron chi connectivity index (χ0n) is 10.8. The van der Waals surface area contributed by atoms with Crippen molar-refractivity contribution in [1.82, 2.24) is 5.43 Å². The van der Waals surface area contributed by atoms with Gasteiger partial charge >= 0.3 is 11.8 Å². The minimum Gasteiger partial charge on any atom is -0.463 e. The highest BCUT2D eigenvalue weighted by Gasteiger charge is 2.12. The molecule has 0 aliphatic carbocycles. The maximum absolute atomic E-state index is 11.6. The SMILES string of the molecule is Cc1cccc(NC(=O)C(=O)N/N=C\c2ccco2)c1. The summed E-state index contributed by atoms with van der Waals surface area (Å²) in [5, 5.41) is 6.09. The van der Waals surface area contributed by atoms with Crippen molar-refractivity contribution >= 4 is 23.7 Å². The highest BCUT2D eigenvalue weighted by Crippen LogP contribution is 2.08. The Morgan fingerprint density at radius 1 is 1.20 bits per heavy atom. The molecule has 0 atom stereocenters. The molecule has 1 aromatic heterocycles. The molecule has 102 valence electrons. The summed E-state index contributed by atoms with van der Waals surface area (Å²) in [5.41, 5.74) is 3.65. The van der Waals surface area contributed by atoms with Gasteiger partial charge in [0, 0.05) is 5.69 Å². The topological polar surface area (TPSA) is 83.7 Å². The first-order valence-electron chi connectivity index (χ1n) is 5.90. The lowest BCUT2D eigenvalue weighted by molar-refractivity contribution is -0.136. The molecule has 0 fully saturated rings. The zero-order chi connectivity index (χ0) is 14.4. The number of aryl methyl sites for hydroxylation is 1.